The van der Waals surface area contributed by atoms with Crippen molar-refractivity contribution in [3.63, 3.8) is 0 Å². The highest BCUT2D eigenvalue weighted by atomic mass is 31.2. The molecule has 0 radical (unpaired) electrons. The van der Waals surface area contributed by atoms with Crippen molar-refractivity contribution in [2.45, 2.75) is 90.0 Å². The lowest BCUT2D eigenvalue weighted by molar-refractivity contribution is -0.121. The van der Waals surface area contributed by atoms with E-state index in [0.717, 1.165) is 24.8 Å². The first kappa shape index (κ1) is 24.9. The van der Waals surface area contributed by atoms with Crippen molar-refractivity contribution in [2.75, 3.05) is 6.16 Å². The van der Waals surface area contributed by atoms with E-state index in [9.17, 15) is 19.1 Å². The molecule has 0 aromatic heterocycles. The van der Waals surface area contributed by atoms with Crippen LogP contribution in [-0.4, -0.2) is 21.9 Å². The number of amides is 1. The van der Waals surface area contributed by atoms with Gasteiger partial charge >= 0.3 is 7.60 Å². The van der Waals surface area contributed by atoms with Gasteiger partial charge in [0.25, 0.3) is 0 Å². The van der Waals surface area contributed by atoms with E-state index in [2.05, 4.69) is 12.2 Å². The van der Waals surface area contributed by atoms with Crippen LogP contribution in [0.15, 0.2) is 30.3 Å². The van der Waals surface area contributed by atoms with E-state index in [4.69, 9.17) is 0 Å². The predicted molar refractivity (Wildman–Crippen MR) is 115 cm³/mol. The molecule has 1 aromatic rings. The summed E-state index contributed by atoms with van der Waals surface area (Å²) in [5, 5.41) is 2.79. The van der Waals surface area contributed by atoms with Crippen LogP contribution in [0, 0.1) is 0 Å². The zero-order chi connectivity index (χ0) is 20.7. The van der Waals surface area contributed by atoms with Crippen LogP contribution in [-0.2, 0) is 9.36 Å². The fraction of sp³-hybridized carbons (Fsp3) is 0.682. The maximum Gasteiger partial charge on any atom is 0.327 e. The number of carbonyl (C=O) groups excluding carboxylic acids is 1. The number of rotatable bonds is 16. The summed E-state index contributed by atoms with van der Waals surface area (Å²) in [6.45, 7) is 2.24. The monoisotopic (exact) mass is 411 g/mol. The van der Waals surface area contributed by atoms with E-state index in [0.29, 0.717) is 6.42 Å². The van der Waals surface area contributed by atoms with Gasteiger partial charge in [0, 0.05) is 6.42 Å². The summed E-state index contributed by atoms with van der Waals surface area (Å²) in [6.07, 6.45) is 13.5. The molecule has 0 aliphatic heterocycles. The molecule has 1 atom stereocenters. The van der Waals surface area contributed by atoms with Gasteiger partial charge in [-0.3, -0.25) is 9.36 Å². The lowest BCUT2D eigenvalue weighted by atomic mass is 10.0. The first-order chi connectivity index (χ1) is 13.4. The minimum atomic E-state index is -4.21. The highest BCUT2D eigenvalue weighted by Gasteiger charge is 2.24. The molecule has 1 rings (SSSR count). The molecule has 0 spiro atoms. The lowest BCUT2D eigenvalue weighted by Gasteiger charge is -2.20. The van der Waals surface area contributed by atoms with E-state index in [1.165, 1.54) is 51.4 Å². The third kappa shape index (κ3) is 13.1. The van der Waals surface area contributed by atoms with Crippen molar-refractivity contribution in [3.05, 3.63) is 35.9 Å². The first-order valence-electron chi connectivity index (χ1n) is 10.8. The molecular weight excluding hydrogens is 373 g/mol. The van der Waals surface area contributed by atoms with Crippen LogP contribution in [0.1, 0.15) is 95.6 Å². The molecule has 0 fully saturated rings. The summed E-state index contributed by atoms with van der Waals surface area (Å²) in [4.78, 5) is 30.8. The molecule has 0 aliphatic carbocycles. The molecule has 160 valence electrons. The predicted octanol–water partition coefficient (Wildman–Crippen LogP) is 5.72. The Bertz CT molecular complexity index is 573. The van der Waals surface area contributed by atoms with Crippen molar-refractivity contribution in [3.8, 4) is 0 Å². The molecule has 1 amide bonds. The summed E-state index contributed by atoms with van der Waals surface area (Å²) < 4.78 is 11.4. The molecular formula is C22H38NO4P. The minimum Gasteiger partial charge on any atom is -0.349 e. The van der Waals surface area contributed by atoms with Gasteiger partial charge in [0.2, 0.25) is 5.91 Å². The molecule has 0 heterocycles. The summed E-state index contributed by atoms with van der Waals surface area (Å²) >= 11 is 0. The Hall–Kier alpha value is -1.16. The van der Waals surface area contributed by atoms with Gasteiger partial charge in [0.05, 0.1) is 12.2 Å². The van der Waals surface area contributed by atoms with Gasteiger partial charge in [-0.1, -0.05) is 101 Å². The normalized spacial score (nSPS) is 12.7. The van der Waals surface area contributed by atoms with Crippen molar-refractivity contribution in [1.29, 1.82) is 0 Å². The lowest BCUT2D eigenvalue weighted by Crippen LogP contribution is -2.30. The minimum absolute atomic E-state index is 0.141. The van der Waals surface area contributed by atoms with Gasteiger partial charge in [-0.15, -0.1) is 0 Å². The zero-order valence-corrected chi connectivity index (χ0v) is 18.2. The second-order valence-corrected chi connectivity index (χ2v) is 9.36. The summed E-state index contributed by atoms with van der Waals surface area (Å²) in [5.41, 5.74) is 0.720. The van der Waals surface area contributed by atoms with Crippen LogP contribution in [0.3, 0.4) is 0 Å². The summed E-state index contributed by atoms with van der Waals surface area (Å²) in [6, 6.07) is 8.36. The highest BCUT2D eigenvalue weighted by molar-refractivity contribution is 7.51. The summed E-state index contributed by atoms with van der Waals surface area (Å²) in [7, 11) is -4.21. The fourth-order valence-electron chi connectivity index (χ4n) is 3.37. The van der Waals surface area contributed by atoms with Gasteiger partial charge in [0.1, 0.15) is 0 Å². The van der Waals surface area contributed by atoms with Gasteiger partial charge in [0.15, 0.2) is 0 Å². The number of nitrogens with one attached hydrogen (secondary N) is 1. The van der Waals surface area contributed by atoms with Crippen molar-refractivity contribution in [1.82, 2.24) is 5.32 Å². The van der Waals surface area contributed by atoms with E-state index in [-0.39, 0.29) is 12.1 Å². The van der Waals surface area contributed by atoms with Crippen molar-refractivity contribution >= 4 is 13.5 Å². The van der Waals surface area contributed by atoms with Crippen molar-refractivity contribution in [2.24, 2.45) is 0 Å². The molecule has 1 unspecified atom stereocenters. The quantitative estimate of drug-likeness (QED) is 0.240. The molecule has 0 saturated heterocycles. The number of unbranched alkanes of at least 4 members (excludes halogenated alkanes) is 10. The smallest absolute Gasteiger partial charge is 0.327 e. The Labute approximate surface area is 170 Å². The number of carbonyl (C=O) groups is 1. The molecule has 3 N–H and O–H groups in total. The molecule has 0 bridgehead atoms. The van der Waals surface area contributed by atoms with E-state index in [1.54, 1.807) is 24.3 Å². The average Bonchev–Trinajstić information content (AvgIpc) is 2.65. The highest BCUT2D eigenvalue weighted by Crippen LogP contribution is 2.39. The second kappa shape index (κ2) is 14.8. The van der Waals surface area contributed by atoms with Gasteiger partial charge < -0.3 is 15.1 Å². The van der Waals surface area contributed by atoms with Gasteiger partial charge in [-0.05, 0) is 12.0 Å². The third-order valence-electron chi connectivity index (χ3n) is 4.96. The number of hydrogen-bond acceptors (Lipinski definition) is 2. The maximum atomic E-state index is 12.2. The summed E-state index contributed by atoms with van der Waals surface area (Å²) in [5.74, 6) is -0.141. The second-order valence-electron chi connectivity index (χ2n) is 7.66. The van der Waals surface area contributed by atoms with Crippen LogP contribution in [0.2, 0.25) is 0 Å². The number of hydrogen-bond donors (Lipinski definition) is 3. The van der Waals surface area contributed by atoms with Gasteiger partial charge in [-0.25, -0.2) is 0 Å². The topological polar surface area (TPSA) is 86.6 Å². The van der Waals surface area contributed by atoms with Crippen LogP contribution >= 0.6 is 7.60 Å². The van der Waals surface area contributed by atoms with Gasteiger partial charge in [-0.2, -0.15) is 0 Å². The van der Waals surface area contributed by atoms with Crippen LogP contribution < -0.4 is 5.32 Å². The zero-order valence-electron chi connectivity index (χ0n) is 17.3. The molecule has 0 aliphatic rings. The Morgan fingerprint density at radius 1 is 0.893 bits per heavy atom. The van der Waals surface area contributed by atoms with Crippen molar-refractivity contribution < 1.29 is 19.1 Å². The standard InChI is InChI=1S/C22H38NO4P/c1-2-3-4-5-6-7-8-9-10-11-15-18-22(24)23-21(19-28(25,26)27)20-16-13-12-14-17-20/h12-14,16-17,21H,2-11,15,18-19H2,1H3,(H,23,24)(H2,25,26,27). The van der Waals surface area contributed by atoms with E-state index >= 15 is 0 Å². The number of benzene rings is 1. The Morgan fingerprint density at radius 3 is 1.89 bits per heavy atom. The molecule has 1 aromatic carbocycles. The van der Waals surface area contributed by atoms with E-state index < -0.39 is 13.6 Å². The Kier molecular flexibility index (Phi) is 13.1. The third-order valence-corrected chi connectivity index (χ3v) is 5.81. The molecule has 6 heteroatoms. The first-order valence-corrected chi connectivity index (χ1v) is 12.6. The fourth-order valence-corrected chi connectivity index (χ4v) is 4.15. The van der Waals surface area contributed by atoms with Crippen LogP contribution in [0.25, 0.3) is 0 Å². The van der Waals surface area contributed by atoms with Crippen LogP contribution in [0.4, 0.5) is 0 Å². The van der Waals surface area contributed by atoms with Crippen LogP contribution in [0.5, 0.6) is 0 Å². The SMILES string of the molecule is CCCCCCCCCCCCCC(=O)NC(CP(=O)(O)O)c1ccccc1. The largest absolute Gasteiger partial charge is 0.349 e. The molecule has 0 saturated carbocycles. The Balaban J connectivity index is 2.19. The Morgan fingerprint density at radius 2 is 1.39 bits per heavy atom. The molecule has 28 heavy (non-hydrogen) atoms. The maximum absolute atomic E-state index is 12.2. The average molecular weight is 412 g/mol. The molecule has 5 nitrogen and oxygen atoms in total. The van der Waals surface area contributed by atoms with E-state index in [1.807, 2.05) is 6.07 Å².